The highest BCUT2D eigenvalue weighted by Crippen LogP contribution is 2.30. The number of hydrazone groups is 1. The zero-order valence-corrected chi connectivity index (χ0v) is 15.0. The number of methoxy groups -OCH3 is 1. The van der Waals surface area contributed by atoms with Crippen LogP contribution in [-0.4, -0.2) is 33.6 Å². The molecule has 0 bridgehead atoms. The average Bonchev–Trinajstić information content (AvgIpc) is 2.65. The molecule has 0 aliphatic heterocycles. The van der Waals surface area contributed by atoms with Crippen LogP contribution in [0.4, 0.5) is 5.95 Å². The first kappa shape index (κ1) is 17.9. The fourth-order valence-electron chi connectivity index (χ4n) is 2.18. The first-order chi connectivity index (χ1) is 12.6. The standard InChI is InChI=1S/C17H13Cl2N5O2/c1-26-15-5-3-2-4-12(15)14-9-21-24-17(22-14)23-20-8-10-6-11(18)7-13(19)16(10)25/h2-9,25H,1H3,(H,22,23,24)/b20-8+. The van der Waals surface area contributed by atoms with Crippen LogP contribution in [-0.2, 0) is 0 Å². The summed E-state index contributed by atoms with van der Waals surface area (Å²) in [5.74, 6) is 0.724. The zero-order chi connectivity index (χ0) is 18.5. The molecule has 132 valence electrons. The van der Waals surface area contributed by atoms with Gasteiger partial charge in [-0.3, -0.25) is 0 Å². The van der Waals surface area contributed by atoms with Crippen LogP contribution in [0.1, 0.15) is 5.56 Å². The largest absolute Gasteiger partial charge is 0.506 e. The number of para-hydroxylation sites is 1. The van der Waals surface area contributed by atoms with Gasteiger partial charge in [-0.1, -0.05) is 35.3 Å². The van der Waals surface area contributed by atoms with Crippen LogP contribution in [0.25, 0.3) is 11.3 Å². The number of hydrogen-bond acceptors (Lipinski definition) is 7. The van der Waals surface area contributed by atoms with Crippen LogP contribution in [0.5, 0.6) is 11.5 Å². The van der Waals surface area contributed by atoms with E-state index in [4.69, 9.17) is 27.9 Å². The summed E-state index contributed by atoms with van der Waals surface area (Å²) in [6, 6.07) is 10.4. The number of halogens is 2. The predicted molar refractivity (Wildman–Crippen MR) is 101 cm³/mol. The van der Waals surface area contributed by atoms with E-state index in [0.29, 0.717) is 22.0 Å². The molecule has 2 aromatic carbocycles. The maximum absolute atomic E-state index is 9.90. The van der Waals surface area contributed by atoms with E-state index in [1.807, 2.05) is 24.3 Å². The molecule has 3 rings (SSSR count). The molecule has 0 fully saturated rings. The number of phenolic OH excluding ortho intramolecular Hbond substituents is 1. The molecule has 0 saturated heterocycles. The van der Waals surface area contributed by atoms with Crippen LogP contribution in [0, 0.1) is 0 Å². The van der Waals surface area contributed by atoms with Crippen molar-refractivity contribution in [3.8, 4) is 22.8 Å². The normalized spacial score (nSPS) is 10.9. The number of anilines is 1. The van der Waals surface area contributed by atoms with Gasteiger partial charge in [-0.05, 0) is 24.3 Å². The topological polar surface area (TPSA) is 92.5 Å². The van der Waals surface area contributed by atoms with E-state index in [0.717, 1.165) is 5.56 Å². The predicted octanol–water partition coefficient (Wildman–Crippen LogP) is 4.01. The van der Waals surface area contributed by atoms with E-state index in [-0.39, 0.29) is 16.7 Å². The molecule has 1 aromatic heterocycles. The van der Waals surface area contributed by atoms with Crippen LogP contribution >= 0.6 is 23.2 Å². The van der Waals surface area contributed by atoms with E-state index in [2.05, 4.69) is 25.7 Å². The minimum atomic E-state index is -0.122. The Hall–Kier alpha value is -2.90. The van der Waals surface area contributed by atoms with Gasteiger partial charge < -0.3 is 9.84 Å². The number of rotatable bonds is 5. The minimum Gasteiger partial charge on any atom is -0.506 e. The van der Waals surface area contributed by atoms with Gasteiger partial charge in [0.05, 0.1) is 30.2 Å². The number of ether oxygens (including phenoxy) is 1. The van der Waals surface area contributed by atoms with Crippen molar-refractivity contribution in [1.29, 1.82) is 0 Å². The Morgan fingerprint density at radius 2 is 2.04 bits per heavy atom. The molecule has 7 nitrogen and oxygen atoms in total. The van der Waals surface area contributed by atoms with Gasteiger partial charge in [-0.2, -0.15) is 10.2 Å². The van der Waals surface area contributed by atoms with Crippen LogP contribution < -0.4 is 10.2 Å². The number of phenols is 1. The molecule has 0 saturated carbocycles. The molecule has 0 spiro atoms. The molecule has 26 heavy (non-hydrogen) atoms. The highest BCUT2D eigenvalue weighted by Gasteiger charge is 2.09. The average molecular weight is 390 g/mol. The summed E-state index contributed by atoms with van der Waals surface area (Å²) < 4.78 is 5.32. The van der Waals surface area contributed by atoms with Crippen LogP contribution in [0.3, 0.4) is 0 Å². The van der Waals surface area contributed by atoms with E-state index in [9.17, 15) is 5.11 Å². The molecule has 0 aliphatic rings. The quantitative estimate of drug-likeness (QED) is 0.505. The summed E-state index contributed by atoms with van der Waals surface area (Å²) in [5.41, 5.74) is 4.35. The summed E-state index contributed by atoms with van der Waals surface area (Å²) in [4.78, 5) is 4.35. The fraction of sp³-hybridized carbons (Fsp3) is 0.0588. The van der Waals surface area contributed by atoms with Gasteiger partial charge in [-0.25, -0.2) is 10.4 Å². The third-order valence-electron chi connectivity index (χ3n) is 3.37. The number of aromatic hydroxyl groups is 1. The van der Waals surface area contributed by atoms with Gasteiger partial charge >= 0.3 is 0 Å². The Labute approximate surface area is 159 Å². The van der Waals surface area contributed by atoms with Crippen molar-refractivity contribution in [2.75, 3.05) is 12.5 Å². The highest BCUT2D eigenvalue weighted by molar-refractivity contribution is 6.36. The van der Waals surface area contributed by atoms with Crippen molar-refractivity contribution < 1.29 is 9.84 Å². The van der Waals surface area contributed by atoms with Crippen LogP contribution in [0.2, 0.25) is 10.0 Å². The summed E-state index contributed by atoms with van der Waals surface area (Å²) in [6.45, 7) is 0. The van der Waals surface area contributed by atoms with Gasteiger partial charge in [0.25, 0.3) is 5.95 Å². The lowest BCUT2D eigenvalue weighted by Gasteiger charge is -2.07. The second-order valence-corrected chi connectivity index (χ2v) is 5.90. The van der Waals surface area contributed by atoms with Crippen LogP contribution in [0.15, 0.2) is 47.7 Å². The molecular weight excluding hydrogens is 377 g/mol. The SMILES string of the molecule is COc1ccccc1-c1cnnc(N/N=C/c2cc(Cl)cc(Cl)c2O)n1. The third-order valence-corrected chi connectivity index (χ3v) is 3.87. The zero-order valence-electron chi connectivity index (χ0n) is 13.5. The Balaban J connectivity index is 1.82. The molecular formula is C17H13Cl2N5O2. The van der Waals surface area contributed by atoms with Crippen molar-refractivity contribution in [3.63, 3.8) is 0 Å². The minimum absolute atomic E-state index is 0.122. The first-order valence-corrected chi connectivity index (χ1v) is 8.14. The van der Waals surface area contributed by atoms with E-state index in [1.165, 1.54) is 24.5 Å². The Morgan fingerprint density at radius 3 is 2.85 bits per heavy atom. The number of benzene rings is 2. The smallest absolute Gasteiger partial charge is 0.263 e. The van der Waals surface area contributed by atoms with Gasteiger partial charge in [0.1, 0.15) is 11.5 Å². The van der Waals surface area contributed by atoms with Crippen molar-refractivity contribution in [2.45, 2.75) is 0 Å². The molecule has 0 radical (unpaired) electrons. The van der Waals surface area contributed by atoms with Crippen molar-refractivity contribution in [3.05, 3.63) is 58.2 Å². The summed E-state index contributed by atoms with van der Waals surface area (Å²) in [5, 5.41) is 22.2. The monoisotopic (exact) mass is 389 g/mol. The number of hydrogen-bond donors (Lipinski definition) is 2. The molecule has 2 N–H and O–H groups in total. The van der Waals surface area contributed by atoms with E-state index >= 15 is 0 Å². The fourth-order valence-corrected chi connectivity index (χ4v) is 2.69. The maximum atomic E-state index is 9.90. The number of nitrogens with zero attached hydrogens (tertiary/aromatic N) is 4. The molecule has 0 atom stereocenters. The number of aromatic nitrogens is 3. The van der Waals surface area contributed by atoms with Crippen molar-refractivity contribution >= 4 is 35.4 Å². The van der Waals surface area contributed by atoms with Gasteiger partial charge in [0.15, 0.2) is 0 Å². The molecule has 1 heterocycles. The Bertz CT molecular complexity index is 966. The molecule has 0 amide bonds. The Morgan fingerprint density at radius 1 is 1.23 bits per heavy atom. The Kier molecular flexibility index (Phi) is 5.50. The third kappa shape index (κ3) is 4.01. The second kappa shape index (κ2) is 7.99. The van der Waals surface area contributed by atoms with E-state index < -0.39 is 0 Å². The van der Waals surface area contributed by atoms with Gasteiger partial charge in [0.2, 0.25) is 0 Å². The van der Waals surface area contributed by atoms with E-state index in [1.54, 1.807) is 7.11 Å². The molecule has 0 aliphatic carbocycles. The highest BCUT2D eigenvalue weighted by atomic mass is 35.5. The molecule has 0 unspecified atom stereocenters. The maximum Gasteiger partial charge on any atom is 0.263 e. The lowest BCUT2D eigenvalue weighted by molar-refractivity contribution is 0.416. The lowest BCUT2D eigenvalue weighted by atomic mass is 10.1. The lowest BCUT2D eigenvalue weighted by Crippen LogP contribution is -2.00. The van der Waals surface area contributed by atoms with Crippen molar-refractivity contribution in [1.82, 2.24) is 15.2 Å². The summed E-state index contributed by atoms with van der Waals surface area (Å²) in [7, 11) is 1.58. The molecule has 9 heteroatoms. The van der Waals surface area contributed by atoms with Gasteiger partial charge in [0, 0.05) is 16.1 Å². The van der Waals surface area contributed by atoms with Crippen molar-refractivity contribution in [2.24, 2.45) is 5.10 Å². The molecule has 3 aromatic rings. The summed E-state index contributed by atoms with van der Waals surface area (Å²) in [6.07, 6.45) is 2.88. The van der Waals surface area contributed by atoms with Gasteiger partial charge in [-0.15, -0.1) is 5.10 Å². The summed E-state index contributed by atoms with van der Waals surface area (Å²) >= 11 is 11.8. The second-order valence-electron chi connectivity index (χ2n) is 5.06. The first-order valence-electron chi connectivity index (χ1n) is 7.38. The number of nitrogens with one attached hydrogen (secondary N) is 1.